The zero-order valence-corrected chi connectivity index (χ0v) is 13.7. The third-order valence-corrected chi connectivity index (χ3v) is 5.08. The van der Waals surface area contributed by atoms with E-state index in [2.05, 4.69) is 10.6 Å². The van der Waals surface area contributed by atoms with Gasteiger partial charge < -0.3 is 15.7 Å². The van der Waals surface area contributed by atoms with Gasteiger partial charge in [0.25, 0.3) is 0 Å². The summed E-state index contributed by atoms with van der Waals surface area (Å²) in [5.41, 5.74) is 0. The smallest absolute Gasteiger partial charge is 0.322 e. The lowest BCUT2D eigenvalue weighted by Gasteiger charge is -2.29. The second-order valence-electron chi connectivity index (χ2n) is 6.94. The highest BCUT2D eigenvalue weighted by molar-refractivity contribution is 5.83. The van der Waals surface area contributed by atoms with Crippen LogP contribution >= 0.6 is 0 Å². The van der Waals surface area contributed by atoms with E-state index in [1.165, 1.54) is 32.1 Å². The van der Waals surface area contributed by atoms with Gasteiger partial charge in [0.2, 0.25) is 11.8 Å². The number of carboxylic acids is 1. The van der Waals surface area contributed by atoms with E-state index in [-0.39, 0.29) is 30.3 Å². The Balaban J connectivity index is 1.64. The molecule has 3 N–H and O–H groups in total. The van der Waals surface area contributed by atoms with Gasteiger partial charge in [0.15, 0.2) is 0 Å². The van der Waals surface area contributed by atoms with Crippen LogP contribution in [0.4, 0.5) is 0 Å². The fraction of sp³-hybridized carbons (Fsp3) is 0.824. The molecule has 0 aromatic carbocycles. The van der Waals surface area contributed by atoms with E-state index >= 15 is 0 Å². The zero-order chi connectivity index (χ0) is 16.7. The summed E-state index contributed by atoms with van der Waals surface area (Å²) < 4.78 is 0. The van der Waals surface area contributed by atoms with Gasteiger partial charge in [-0.2, -0.15) is 0 Å². The Kier molecular flexibility index (Phi) is 6.86. The molecule has 2 fully saturated rings. The Labute approximate surface area is 137 Å². The van der Waals surface area contributed by atoms with Crippen LogP contribution in [0.5, 0.6) is 0 Å². The number of carbonyl (C=O) groups excluding carboxylic acids is 2. The topological polar surface area (TPSA) is 95.5 Å². The first-order valence-corrected chi connectivity index (χ1v) is 8.83. The number of carboxylic acid groups (broad SMARTS) is 1. The molecule has 0 aromatic rings. The van der Waals surface area contributed by atoms with Crippen molar-refractivity contribution in [1.82, 2.24) is 10.6 Å². The molecule has 0 atom stereocenters. The van der Waals surface area contributed by atoms with E-state index in [9.17, 15) is 14.4 Å². The molecule has 0 unspecified atom stereocenters. The summed E-state index contributed by atoms with van der Waals surface area (Å²) in [6, 6.07) is 0.162. The van der Waals surface area contributed by atoms with Gasteiger partial charge >= 0.3 is 5.97 Å². The summed E-state index contributed by atoms with van der Waals surface area (Å²) >= 11 is 0. The van der Waals surface area contributed by atoms with Crippen LogP contribution in [0.25, 0.3) is 0 Å². The number of nitrogens with one attached hydrogen (secondary N) is 2. The number of aliphatic carboxylic acids is 1. The predicted octanol–water partition coefficient (Wildman–Crippen LogP) is 1.83. The SMILES string of the molecule is O=C(O)CNC(=O)C1CCC(NC(=O)CC2CCCCC2)CC1. The fourth-order valence-corrected chi connectivity index (χ4v) is 3.75. The lowest BCUT2D eigenvalue weighted by atomic mass is 9.84. The highest BCUT2D eigenvalue weighted by Crippen LogP contribution is 2.27. The molecule has 0 bridgehead atoms. The molecule has 2 aliphatic carbocycles. The van der Waals surface area contributed by atoms with E-state index < -0.39 is 5.97 Å². The fourth-order valence-electron chi connectivity index (χ4n) is 3.75. The minimum absolute atomic E-state index is 0.124. The van der Waals surface area contributed by atoms with Gasteiger partial charge in [0.05, 0.1) is 0 Å². The number of hydrogen-bond donors (Lipinski definition) is 3. The first kappa shape index (κ1) is 17.8. The summed E-state index contributed by atoms with van der Waals surface area (Å²) in [5, 5.41) is 14.1. The van der Waals surface area contributed by atoms with Gasteiger partial charge in [-0.25, -0.2) is 0 Å². The van der Waals surface area contributed by atoms with Gasteiger partial charge in [-0.3, -0.25) is 14.4 Å². The first-order chi connectivity index (χ1) is 11.0. The molecule has 0 heterocycles. The van der Waals surface area contributed by atoms with Gasteiger partial charge in [0, 0.05) is 18.4 Å². The van der Waals surface area contributed by atoms with E-state index in [4.69, 9.17) is 5.11 Å². The minimum Gasteiger partial charge on any atom is -0.480 e. The Bertz CT molecular complexity index is 424. The molecule has 23 heavy (non-hydrogen) atoms. The van der Waals surface area contributed by atoms with Gasteiger partial charge in [-0.1, -0.05) is 19.3 Å². The van der Waals surface area contributed by atoms with Crippen LogP contribution in [0.2, 0.25) is 0 Å². The van der Waals surface area contributed by atoms with Crippen molar-refractivity contribution in [2.75, 3.05) is 6.54 Å². The highest BCUT2D eigenvalue weighted by atomic mass is 16.4. The largest absolute Gasteiger partial charge is 0.480 e. The van der Waals surface area contributed by atoms with E-state index in [0.29, 0.717) is 25.2 Å². The van der Waals surface area contributed by atoms with Crippen LogP contribution in [0, 0.1) is 11.8 Å². The molecule has 0 saturated heterocycles. The molecular weight excluding hydrogens is 296 g/mol. The minimum atomic E-state index is -1.03. The summed E-state index contributed by atoms with van der Waals surface area (Å²) in [6.45, 7) is -0.323. The predicted molar refractivity (Wildman–Crippen MR) is 85.7 cm³/mol. The number of hydrogen-bond acceptors (Lipinski definition) is 3. The molecule has 2 aliphatic rings. The third kappa shape index (κ3) is 6.20. The van der Waals surface area contributed by atoms with Crippen molar-refractivity contribution in [2.45, 2.75) is 70.3 Å². The molecule has 2 saturated carbocycles. The van der Waals surface area contributed by atoms with Gasteiger partial charge in [-0.05, 0) is 44.4 Å². The second kappa shape index (κ2) is 8.89. The van der Waals surface area contributed by atoms with Crippen LogP contribution in [0.1, 0.15) is 64.2 Å². The molecule has 6 nitrogen and oxygen atoms in total. The number of rotatable bonds is 6. The zero-order valence-electron chi connectivity index (χ0n) is 13.7. The normalized spacial score (nSPS) is 25.6. The first-order valence-electron chi connectivity index (χ1n) is 8.83. The van der Waals surface area contributed by atoms with Gasteiger partial charge in [-0.15, -0.1) is 0 Å². The maximum absolute atomic E-state index is 12.1. The standard InChI is InChI=1S/C17H28N2O4/c20-15(10-12-4-2-1-3-5-12)19-14-8-6-13(7-9-14)17(23)18-11-16(21)22/h12-14H,1-11H2,(H,18,23)(H,19,20)(H,21,22). The molecule has 130 valence electrons. The number of carbonyl (C=O) groups is 3. The molecule has 6 heteroatoms. The summed E-state index contributed by atoms with van der Waals surface area (Å²) in [6.07, 6.45) is 9.77. The second-order valence-corrected chi connectivity index (χ2v) is 6.94. The molecule has 0 aromatic heterocycles. The lowest BCUT2D eigenvalue weighted by molar-refractivity contribution is -0.138. The molecule has 2 amide bonds. The highest BCUT2D eigenvalue weighted by Gasteiger charge is 2.27. The summed E-state index contributed by atoms with van der Waals surface area (Å²) in [7, 11) is 0. The molecule has 0 spiro atoms. The van der Waals surface area contributed by atoms with E-state index in [1.807, 2.05) is 0 Å². The van der Waals surface area contributed by atoms with Crippen LogP contribution < -0.4 is 10.6 Å². The average Bonchev–Trinajstić information content (AvgIpc) is 2.54. The molecular formula is C17H28N2O4. The third-order valence-electron chi connectivity index (χ3n) is 5.08. The van der Waals surface area contributed by atoms with Crippen LogP contribution in [-0.4, -0.2) is 35.5 Å². The quantitative estimate of drug-likeness (QED) is 0.694. The monoisotopic (exact) mass is 324 g/mol. The summed E-state index contributed by atoms with van der Waals surface area (Å²) in [4.78, 5) is 34.4. The van der Waals surface area contributed by atoms with Crippen LogP contribution in [0.15, 0.2) is 0 Å². The molecule has 0 aliphatic heterocycles. The van der Waals surface area contributed by atoms with Gasteiger partial charge in [0.1, 0.15) is 6.54 Å². The van der Waals surface area contributed by atoms with Crippen molar-refractivity contribution in [3.8, 4) is 0 Å². The van der Waals surface area contributed by atoms with Crippen LogP contribution in [0.3, 0.4) is 0 Å². The van der Waals surface area contributed by atoms with Crippen molar-refractivity contribution in [2.24, 2.45) is 11.8 Å². The van der Waals surface area contributed by atoms with Crippen molar-refractivity contribution in [3.05, 3.63) is 0 Å². The number of amides is 2. The van der Waals surface area contributed by atoms with Crippen molar-refractivity contribution >= 4 is 17.8 Å². The van der Waals surface area contributed by atoms with Crippen molar-refractivity contribution in [1.29, 1.82) is 0 Å². The average molecular weight is 324 g/mol. The molecule has 0 radical (unpaired) electrons. The Morgan fingerprint density at radius 3 is 2.17 bits per heavy atom. The maximum Gasteiger partial charge on any atom is 0.322 e. The van der Waals surface area contributed by atoms with E-state index in [1.54, 1.807) is 0 Å². The lowest BCUT2D eigenvalue weighted by Crippen LogP contribution is -2.42. The maximum atomic E-state index is 12.1. The molecule has 2 rings (SSSR count). The van der Waals surface area contributed by atoms with Crippen LogP contribution in [-0.2, 0) is 14.4 Å². The van der Waals surface area contributed by atoms with E-state index in [0.717, 1.165) is 12.8 Å². The van der Waals surface area contributed by atoms with Crippen molar-refractivity contribution < 1.29 is 19.5 Å². The summed E-state index contributed by atoms with van der Waals surface area (Å²) in [5.74, 6) is -0.639. The van der Waals surface area contributed by atoms with Crippen molar-refractivity contribution in [3.63, 3.8) is 0 Å². The Morgan fingerprint density at radius 2 is 1.57 bits per heavy atom. The Morgan fingerprint density at radius 1 is 0.913 bits per heavy atom. The Hall–Kier alpha value is -1.59.